The molecule has 0 bridgehead atoms. The fourth-order valence-corrected chi connectivity index (χ4v) is 4.55. The second kappa shape index (κ2) is 9.41. The normalized spacial score (nSPS) is 15.9. The molecule has 2 aromatic rings. The first-order chi connectivity index (χ1) is 12.9. The smallest absolute Gasteiger partial charge is 0.245 e. The number of anilines is 1. The van der Waals surface area contributed by atoms with Gasteiger partial charge in [-0.15, -0.1) is 12.4 Å². The van der Waals surface area contributed by atoms with Crippen molar-refractivity contribution in [1.82, 2.24) is 5.32 Å². The van der Waals surface area contributed by atoms with Gasteiger partial charge in [0.15, 0.2) is 14.6 Å². The molecule has 0 radical (unpaired) electrons. The summed E-state index contributed by atoms with van der Waals surface area (Å²) in [5.74, 6) is 0.209. The van der Waals surface area contributed by atoms with E-state index in [1.165, 1.54) is 0 Å². The molecule has 1 fully saturated rings. The summed E-state index contributed by atoms with van der Waals surface area (Å²) in [4.78, 5) is 12.8. The summed E-state index contributed by atoms with van der Waals surface area (Å²) in [7, 11) is -3.53. The van der Waals surface area contributed by atoms with Gasteiger partial charge in [-0.05, 0) is 55.8 Å². The van der Waals surface area contributed by atoms with Crippen molar-refractivity contribution in [2.24, 2.45) is 0 Å². The standard InChI is InChI=1S/C20H24N2O4S.ClH/c1-27(24,25)20(11-13-21-14-12-20)19(23)22-17-7-9-18(10-8-17)26-15-16-5-3-2-4-6-16;/h2-10,21H,11-15H2,1H3,(H,22,23);1H. The number of carbonyl (C=O) groups excluding carboxylic acids is 1. The number of benzene rings is 2. The highest BCUT2D eigenvalue weighted by molar-refractivity contribution is 7.92. The predicted molar refractivity (Wildman–Crippen MR) is 113 cm³/mol. The molecular weight excluding hydrogens is 400 g/mol. The maximum Gasteiger partial charge on any atom is 0.245 e. The summed E-state index contributed by atoms with van der Waals surface area (Å²) < 4.78 is 29.0. The molecule has 0 spiro atoms. The SMILES string of the molecule is CS(=O)(=O)C1(C(=O)Nc2ccc(OCc3ccccc3)cc2)CCNCC1.Cl. The quantitative estimate of drug-likeness (QED) is 0.744. The van der Waals surface area contributed by atoms with Crippen molar-refractivity contribution in [2.75, 3.05) is 24.7 Å². The van der Waals surface area contributed by atoms with E-state index in [-0.39, 0.29) is 25.2 Å². The van der Waals surface area contributed by atoms with E-state index < -0.39 is 20.5 Å². The van der Waals surface area contributed by atoms with Crippen LogP contribution >= 0.6 is 12.4 Å². The Morgan fingerprint density at radius 1 is 1.07 bits per heavy atom. The van der Waals surface area contributed by atoms with E-state index in [0.29, 0.717) is 31.1 Å². The Morgan fingerprint density at radius 2 is 1.68 bits per heavy atom. The van der Waals surface area contributed by atoms with Crippen molar-refractivity contribution in [3.63, 3.8) is 0 Å². The van der Waals surface area contributed by atoms with E-state index >= 15 is 0 Å². The molecule has 1 heterocycles. The molecule has 0 aliphatic carbocycles. The third-order valence-electron chi connectivity index (χ3n) is 4.90. The summed E-state index contributed by atoms with van der Waals surface area (Å²) in [5.41, 5.74) is 1.62. The Kier molecular flexibility index (Phi) is 7.46. The largest absolute Gasteiger partial charge is 0.489 e. The van der Waals surface area contributed by atoms with Crippen LogP contribution in [0.2, 0.25) is 0 Å². The highest BCUT2D eigenvalue weighted by Gasteiger charge is 2.48. The Bertz CT molecular complexity index is 880. The molecule has 1 aliphatic heterocycles. The van der Waals surface area contributed by atoms with Crippen LogP contribution in [0.1, 0.15) is 18.4 Å². The second-order valence-electron chi connectivity index (χ2n) is 6.77. The van der Waals surface area contributed by atoms with Crippen LogP contribution in [-0.4, -0.2) is 38.4 Å². The molecule has 0 atom stereocenters. The van der Waals surface area contributed by atoms with Gasteiger partial charge in [-0.1, -0.05) is 30.3 Å². The third-order valence-corrected chi connectivity index (χ3v) is 6.91. The molecule has 152 valence electrons. The van der Waals surface area contributed by atoms with Crippen molar-refractivity contribution < 1.29 is 17.9 Å². The third kappa shape index (κ3) is 5.04. The summed E-state index contributed by atoms with van der Waals surface area (Å²) in [5, 5.41) is 5.86. The van der Waals surface area contributed by atoms with Crippen LogP contribution in [0.15, 0.2) is 54.6 Å². The predicted octanol–water partition coefficient (Wildman–Crippen LogP) is 2.79. The van der Waals surface area contributed by atoms with Crippen LogP contribution in [-0.2, 0) is 21.2 Å². The number of ether oxygens (including phenoxy) is 1. The molecule has 0 unspecified atom stereocenters. The van der Waals surface area contributed by atoms with Crippen molar-refractivity contribution in [3.05, 3.63) is 60.2 Å². The number of piperidine rings is 1. The number of hydrogen-bond acceptors (Lipinski definition) is 5. The summed E-state index contributed by atoms with van der Waals surface area (Å²) in [6.45, 7) is 1.47. The van der Waals surface area contributed by atoms with Crippen molar-refractivity contribution in [2.45, 2.75) is 24.2 Å². The molecule has 0 saturated carbocycles. The van der Waals surface area contributed by atoms with E-state index in [1.807, 2.05) is 30.3 Å². The van der Waals surface area contributed by atoms with Crippen LogP contribution in [0, 0.1) is 0 Å². The highest BCUT2D eigenvalue weighted by Crippen LogP contribution is 2.29. The van der Waals surface area contributed by atoms with Gasteiger partial charge in [0.05, 0.1) is 0 Å². The van der Waals surface area contributed by atoms with Crippen molar-refractivity contribution in [3.8, 4) is 5.75 Å². The summed E-state index contributed by atoms with van der Waals surface area (Å²) in [6.07, 6.45) is 1.68. The van der Waals surface area contributed by atoms with Gasteiger partial charge in [-0.3, -0.25) is 4.79 Å². The van der Waals surface area contributed by atoms with Gasteiger partial charge in [-0.25, -0.2) is 8.42 Å². The summed E-state index contributed by atoms with van der Waals surface area (Å²) in [6, 6.07) is 16.8. The molecule has 3 rings (SSSR count). The average Bonchev–Trinajstić information content (AvgIpc) is 2.68. The maximum absolute atomic E-state index is 12.8. The van der Waals surface area contributed by atoms with Gasteiger partial charge < -0.3 is 15.4 Å². The monoisotopic (exact) mass is 424 g/mol. The minimum atomic E-state index is -3.53. The van der Waals surface area contributed by atoms with Gasteiger partial charge in [0, 0.05) is 11.9 Å². The highest BCUT2D eigenvalue weighted by atomic mass is 35.5. The lowest BCUT2D eigenvalue weighted by Crippen LogP contribution is -2.55. The number of nitrogens with one attached hydrogen (secondary N) is 2. The van der Waals surface area contributed by atoms with Crippen molar-refractivity contribution >= 4 is 33.8 Å². The van der Waals surface area contributed by atoms with Gasteiger partial charge in [-0.2, -0.15) is 0 Å². The number of hydrogen-bond donors (Lipinski definition) is 2. The van der Waals surface area contributed by atoms with Gasteiger partial charge >= 0.3 is 0 Å². The average molecular weight is 425 g/mol. The first kappa shape index (κ1) is 22.2. The zero-order chi connectivity index (χ0) is 19.3. The molecule has 1 saturated heterocycles. The van der Waals surface area contributed by atoms with E-state index in [0.717, 1.165) is 11.8 Å². The fraction of sp³-hybridized carbons (Fsp3) is 0.350. The molecule has 8 heteroatoms. The van der Waals surface area contributed by atoms with Crippen LogP contribution in [0.5, 0.6) is 5.75 Å². The topological polar surface area (TPSA) is 84.5 Å². The molecule has 1 aliphatic rings. The first-order valence-electron chi connectivity index (χ1n) is 8.89. The minimum absolute atomic E-state index is 0. The zero-order valence-corrected chi connectivity index (χ0v) is 17.3. The lowest BCUT2D eigenvalue weighted by molar-refractivity contribution is -0.119. The van der Waals surface area contributed by atoms with Crippen LogP contribution in [0.4, 0.5) is 5.69 Å². The molecule has 2 aromatic carbocycles. The number of halogens is 1. The Balaban J connectivity index is 0.00000280. The van der Waals surface area contributed by atoms with Crippen molar-refractivity contribution in [1.29, 1.82) is 0 Å². The minimum Gasteiger partial charge on any atom is -0.489 e. The molecule has 6 nitrogen and oxygen atoms in total. The number of amides is 1. The number of rotatable bonds is 6. The Hall–Kier alpha value is -2.09. The van der Waals surface area contributed by atoms with Gasteiger partial charge in [0.25, 0.3) is 0 Å². The first-order valence-corrected chi connectivity index (χ1v) is 10.8. The number of carbonyl (C=O) groups is 1. The van der Waals surface area contributed by atoms with Gasteiger partial charge in [0.1, 0.15) is 12.4 Å². The molecule has 1 amide bonds. The Labute approximate surface area is 172 Å². The van der Waals surface area contributed by atoms with E-state index in [2.05, 4.69) is 10.6 Å². The summed E-state index contributed by atoms with van der Waals surface area (Å²) >= 11 is 0. The Morgan fingerprint density at radius 3 is 2.25 bits per heavy atom. The van der Waals surface area contributed by atoms with Crippen LogP contribution in [0.3, 0.4) is 0 Å². The lowest BCUT2D eigenvalue weighted by atomic mass is 9.95. The molecular formula is C20H25ClN2O4S. The van der Waals surface area contributed by atoms with E-state index in [1.54, 1.807) is 24.3 Å². The van der Waals surface area contributed by atoms with Crippen LogP contribution < -0.4 is 15.4 Å². The van der Waals surface area contributed by atoms with E-state index in [4.69, 9.17) is 4.74 Å². The lowest BCUT2D eigenvalue weighted by Gasteiger charge is -2.34. The molecule has 0 aromatic heterocycles. The molecule has 28 heavy (non-hydrogen) atoms. The fourth-order valence-electron chi connectivity index (χ4n) is 3.22. The maximum atomic E-state index is 12.8. The zero-order valence-electron chi connectivity index (χ0n) is 15.7. The second-order valence-corrected chi connectivity index (χ2v) is 9.10. The molecule has 2 N–H and O–H groups in total. The number of sulfone groups is 1. The van der Waals surface area contributed by atoms with Gasteiger partial charge in [0.2, 0.25) is 5.91 Å². The van der Waals surface area contributed by atoms with Crippen LogP contribution in [0.25, 0.3) is 0 Å². The van der Waals surface area contributed by atoms with E-state index in [9.17, 15) is 13.2 Å².